The van der Waals surface area contributed by atoms with E-state index in [9.17, 15) is 9.59 Å². The van der Waals surface area contributed by atoms with Gasteiger partial charge < -0.3 is 10.6 Å². The maximum Gasteiger partial charge on any atom is 0.313 e. The summed E-state index contributed by atoms with van der Waals surface area (Å²) < 4.78 is 0. The Morgan fingerprint density at radius 1 is 1.35 bits per heavy atom. The first kappa shape index (κ1) is 14.5. The predicted molar refractivity (Wildman–Crippen MR) is 78.8 cm³/mol. The predicted octanol–water partition coefficient (Wildman–Crippen LogP) is 2.36. The maximum atomic E-state index is 11.7. The molecule has 5 nitrogen and oxygen atoms in total. The van der Waals surface area contributed by atoms with E-state index >= 15 is 0 Å². The Hall–Kier alpha value is -1.92. The number of halogens is 1. The van der Waals surface area contributed by atoms with Crippen LogP contribution in [0.5, 0.6) is 0 Å². The molecule has 2 rings (SSSR count). The second-order valence-electron chi connectivity index (χ2n) is 3.99. The second-order valence-corrected chi connectivity index (χ2v) is 5.75. The highest BCUT2D eigenvalue weighted by atomic mass is 35.5. The smallest absolute Gasteiger partial charge is 0.313 e. The molecule has 0 bridgehead atoms. The van der Waals surface area contributed by atoms with Crippen molar-refractivity contribution in [2.45, 2.75) is 13.5 Å². The number of thiazole rings is 1. The van der Waals surface area contributed by atoms with E-state index in [1.165, 1.54) is 11.3 Å². The van der Waals surface area contributed by atoms with Crippen LogP contribution in [-0.2, 0) is 16.1 Å². The first-order chi connectivity index (χ1) is 9.54. The second kappa shape index (κ2) is 6.49. The molecule has 104 valence electrons. The molecule has 0 aliphatic rings. The number of hydrogen-bond acceptors (Lipinski definition) is 4. The average molecular weight is 310 g/mol. The van der Waals surface area contributed by atoms with Gasteiger partial charge in [0, 0.05) is 21.8 Å². The molecule has 0 saturated carbocycles. The molecule has 1 aromatic heterocycles. The van der Waals surface area contributed by atoms with Crippen molar-refractivity contribution in [1.29, 1.82) is 0 Å². The summed E-state index contributed by atoms with van der Waals surface area (Å²) in [7, 11) is 0. The van der Waals surface area contributed by atoms with Gasteiger partial charge in [0.1, 0.15) is 0 Å². The van der Waals surface area contributed by atoms with Crippen molar-refractivity contribution < 1.29 is 9.59 Å². The number of nitrogens with one attached hydrogen (secondary N) is 2. The zero-order valence-corrected chi connectivity index (χ0v) is 12.2. The van der Waals surface area contributed by atoms with Gasteiger partial charge in [-0.1, -0.05) is 17.7 Å². The molecule has 1 heterocycles. The van der Waals surface area contributed by atoms with Gasteiger partial charge in [-0.2, -0.15) is 0 Å². The van der Waals surface area contributed by atoms with Gasteiger partial charge in [0.15, 0.2) is 0 Å². The molecule has 0 atom stereocenters. The van der Waals surface area contributed by atoms with E-state index in [4.69, 9.17) is 11.6 Å². The summed E-state index contributed by atoms with van der Waals surface area (Å²) in [5.74, 6) is -1.43. The lowest BCUT2D eigenvalue weighted by Gasteiger charge is -2.05. The number of nitrogens with zero attached hydrogens (tertiary/aromatic N) is 1. The summed E-state index contributed by atoms with van der Waals surface area (Å²) in [6, 6.07) is 6.60. The lowest BCUT2D eigenvalue weighted by molar-refractivity contribution is -0.136. The molecule has 2 amide bonds. The standard InChI is InChI=1S/C13H12ClN3O2S/c1-8-15-6-11(20-8)7-16-12(18)13(19)17-10-4-2-3-9(14)5-10/h2-6H,7H2,1H3,(H,16,18)(H,17,19). The minimum atomic E-state index is -0.728. The summed E-state index contributed by atoms with van der Waals surface area (Å²) in [6.07, 6.45) is 1.68. The van der Waals surface area contributed by atoms with E-state index in [1.807, 2.05) is 6.92 Å². The van der Waals surface area contributed by atoms with Crippen molar-refractivity contribution >= 4 is 40.4 Å². The lowest BCUT2D eigenvalue weighted by atomic mass is 10.3. The van der Waals surface area contributed by atoms with E-state index in [-0.39, 0.29) is 6.54 Å². The molecule has 20 heavy (non-hydrogen) atoms. The van der Waals surface area contributed by atoms with Gasteiger partial charge >= 0.3 is 11.8 Å². The number of benzene rings is 1. The molecule has 0 fully saturated rings. The number of anilines is 1. The minimum absolute atomic E-state index is 0.285. The van der Waals surface area contributed by atoms with Crippen molar-refractivity contribution in [3.8, 4) is 0 Å². The van der Waals surface area contributed by atoms with Crippen molar-refractivity contribution in [1.82, 2.24) is 10.3 Å². The zero-order chi connectivity index (χ0) is 14.5. The lowest BCUT2D eigenvalue weighted by Crippen LogP contribution is -2.34. The fourth-order valence-corrected chi connectivity index (χ4v) is 2.41. The quantitative estimate of drug-likeness (QED) is 0.855. The summed E-state index contributed by atoms with van der Waals surface area (Å²) >= 11 is 7.27. The molecule has 2 N–H and O–H groups in total. The summed E-state index contributed by atoms with van der Waals surface area (Å²) in [5.41, 5.74) is 0.478. The molecule has 0 radical (unpaired) electrons. The van der Waals surface area contributed by atoms with Crippen LogP contribution in [0.1, 0.15) is 9.88 Å². The number of aromatic nitrogens is 1. The van der Waals surface area contributed by atoms with Crippen LogP contribution in [0.15, 0.2) is 30.5 Å². The summed E-state index contributed by atoms with van der Waals surface area (Å²) in [4.78, 5) is 28.3. The largest absolute Gasteiger partial charge is 0.343 e. The van der Waals surface area contributed by atoms with Crippen LogP contribution in [0, 0.1) is 6.92 Å². The monoisotopic (exact) mass is 309 g/mol. The number of aryl methyl sites for hydroxylation is 1. The fraction of sp³-hybridized carbons (Fsp3) is 0.154. The third-order valence-corrected chi connectivity index (χ3v) is 3.53. The Morgan fingerprint density at radius 2 is 2.15 bits per heavy atom. The summed E-state index contributed by atoms with van der Waals surface area (Å²) in [6.45, 7) is 2.16. The van der Waals surface area contributed by atoms with Gasteiger partial charge in [-0.05, 0) is 25.1 Å². The number of carbonyl (C=O) groups is 2. The molecule has 0 unspecified atom stereocenters. The number of hydrogen-bond donors (Lipinski definition) is 2. The first-order valence-corrected chi connectivity index (χ1v) is 7.00. The maximum absolute atomic E-state index is 11.7. The van der Waals surface area contributed by atoms with E-state index in [0.717, 1.165) is 9.88 Å². The van der Waals surface area contributed by atoms with Gasteiger partial charge in [-0.15, -0.1) is 11.3 Å². The van der Waals surface area contributed by atoms with E-state index in [0.29, 0.717) is 10.7 Å². The third-order valence-electron chi connectivity index (χ3n) is 2.38. The Bertz CT molecular complexity index is 642. The summed E-state index contributed by atoms with van der Waals surface area (Å²) in [5, 5.41) is 6.41. The van der Waals surface area contributed by atoms with Gasteiger partial charge in [-0.25, -0.2) is 4.98 Å². The minimum Gasteiger partial charge on any atom is -0.343 e. The molecule has 0 spiro atoms. The van der Waals surface area contributed by atoms with Crippen molar-refractivity contribution in [3.63, 3.8) is 0 Å². The van der Waals surface area contributed by atoms with Crippen molar-refractivity contribution in [2.24, 2.45) is 0 Å². The van der Waals surface area contributed by atoms with Gasteiger partial charge in [0.2, 0.25) is 0 Å². The van der Waals surface area contributed by atoms with Gasteiger partial charge in [0.05, 0.1) is 11.6 Å². The normalized spacial score (nSPS) is 10.1. The first-order valence-electron chi connectivity index (χ1n) is 5.80. The molecular formula is C13H12ClN3O2S. The third kappa shape index (κ3) is 4.04. The zero-order valence-electron chi connectivity index (χ0n) is 10.6. The molecule has 7 heteroatoms. The Balaban J connectivity index is 1.87. The Labute approximate surface area is 125 Å². The van der Waals surface area contributed by atoms with Crippen molar-refractivity contribution in [3.05, 3.63) is 45.4 Å². The SMILES string of the molecule is Cc1ncc(CNC(=O)C(=O)Nc2cccc(Cl)c2)s1. The molecule has 2 aromatic rings. The highest BCUT2D eigenvalue weighted by Crippen LogP contribution is 2.14. The topological polar surface area (TPSA) is 71.1 Å². The van der Waals surface area contributed by atoms with Crippen LogP contribution < -0.4 is 10.6 Å². The van der Waals surface area contributed by atoms with Crippen LogP contribution in [0.4, 0.5) is 5.69 Å². The molecular weight excluding hydrogens is 298 g/mol. The highest BCUT2D eigenvalue weighted by molar-refractivity contribution is 7.11. The van der Waals surface area contributed by atoms with Gasteiger partial charge in [0.25, 0.3) is 0 Å². The number of amides is 2. The Kier molecular flexibility index (Phi) is 4.70. The van der Waals surface area contributed by atoms with E-state index in [1.54, 1.807) is 30.5 Å². The van der Waals surface area contributed by atoms with Crippen LogP contribution >= 0.6 is 22.9 Å². The van der Waals surface area contributed by atoms with Crippen LogP contribution in [0.25, 0.3) is 0 Å². The van der Waals surface area contributed by atoms with Crippen LogP contribution in [-0.4, -0.2) is 16.8 Å². The highest BCUT2D eigenvalue weighted by Gasteiger charge is 2.13. The van der Waals surface area contributed by atoms with Crippen molar-refractivity contribution in [2.75, 3.05) is 5.32 Å². The molecule has 0 aliphatic heterocycles. The fourth-order valence-electron chi connectivity index (χ4n) is 1.49. The molecule has 0 saturated heterocycles. The molecule has 0 aliphatic carbocycles. The average Bonchev–Trinajstić information content (AvgIpc) is 2.81. The number of rotatable bonds is 3. The van der Waals surface area contributed by atoms with Gasteiger partial charge in [-0.3, -0.25) is 9.59 Å². The van der Waals surface area contributed by atoms with Crippen LogP contribution in [0.2, 0.25) is 5.02 Å². The van der Waals surface area contributed by atoms with E-state index < -0.39 is 11.8 Å². The Morgan fingerprint density at radius 3 is 2.80 bits per heavy atom. The number of carbonyl (C=O) groups excluding carboxylic acids is 2. The molecule has 1 aromatic carbocycles. The van der Waals surface area contributed by atoms with E-state index in [2.05, 4.69) is 15.6 Å². The van der Waals surface area contributed by atoms with Crippen LogP contribution in [0.3, 0.4) is 0 Å².